The first kappa shape index (κ1) is 15.1. The third-order valence-corrected chi connectivity index (χ3v) is 4.21. The number of nitrogens with zero attached hydrogens (tertiary/aromatic N) is 2. The van der Waals surface area contributed by atoms with Gasteiger partial charge in [0.05, 0.1) is 27.1 Å². The van der Waals surface area contributed by atoms with Gasteiger partial charge in [-0.15, -0.1) is 0 Å². The molecule has 7 heteroatoms. The zero-order valence-electron chi connectivity index (χ0n) is 10.9. The largest absolute Gasteiger partial charge is 0.416 e. The Balaban J connectivity index is 2.60. The SMILES string of the molecule is Cc1nn(-c2ccc(C(F)(F)F)cc2CN)c(C)c1Br. The number of halogens is 4. The van der Waals surface area contributed by atoms with Crippen LogP contribution in [-0.2, 0) is 12.7 Å². The highest BCUT2D eigenvalue weighted by molar-refractivity contribution is 9.10. The molecule has 1 aromatic carbocycles. The molecular formula is C13H13BrF3N3. The molecule has 0 fully saturated rings. The van der Waals surface area contributed by atoms with E-state index < -0.39 is 11.7 Å². The van der Waals surface area contributed by atoms with Crippen LogP contribution in [0.1, 0.15) is 22.5 Å². The topological polar surface area (TPSA) is 43.8 Å². The fourth-order valence-electron chi connectivity index (χ4n) is 1.99. The summed E-state index contributed by atoms with van der Waals surface area (Å²) in [6, 6.07) is 3.51. The summed E-state index contributed by atoms with van der Waals surface area (Å²) in [7, 11) is 0. The Morgan fingerprint density at radius 2 is 1.95 bits per heavy atom. The van der Waals surface area contributed by atoms with Crippen LogP contribution >= 0.6 is 15.9 Å². The van der Waals surface area contributed by atoms with Crippen LogP contribution in [0, 0.1) is 13.8 Å². The molecule has 1 aromatic heterocycles. The smallest absolute Gasteiger partial charge is 0.326 e. The van der Waals surface area contributed by atoms with Gasteiger partial charge in [-0.05, 0) is 53.5 Å². The average Bonchev–Trinajstić information content (AvgIpc) is 2.64. The summed E-state index contributed by atoms with van der Waals surface area (Å²) in [6.07, 6.45) is -4.38. The lowest BCUT2D eigenvalue weighted by atomic mass is 10.1. The van der Waals surface area contributed by atoms with Crippen molar-refractivity contribution in [3.8, 4) is 5.69 Å². The maximum Gasteiger partial charge on any atom is 0.416 e. The van der Waals surface area contributed by atoms with E-state index in [1.54, 1.807) is 4.68 Å². The molecule has 0 radical (unpaired) electrons. The quantitative estimate of drug-likeness (QED) is 0.899. The molecule has 2 aromatic rings. The summed E-state index contributed by atoms with van der Waals surface area (Å²) in [4.78, 5) is 0. The Morgan fingerprint density at radius 3 is 2.40 bits per heavy atom. The first-order valence-corrected chi connectivity index (χ1v) is 6.67. The Bertz CT molecular complexity index is 647. The van der Waals surface area contributed by atoms with Crippen LogP contribution in [0.4, 0.5) is 13.2 Å². The van der Waals surface area contributed by atoms with E-state index in [0.717, 1.165) is 28.0 Å². The number of hydrogen-bond donors (Lipinski definition) is 1. The monoisotopic (exact) mass is 347 g/mol. The van der Waals surface area contributed by atoms with Crippen LogP contribution in [0.2, 0.25) is 0 Å². The second-order valence-electron chi connectivity index (χ2n) is 4.44. The third-order valence-electron chi connectivity index (χ3n) is 3.06. The van der Waals surface area contributed by atoms with E-state index in [4.69, 9.17) is 5.73 Å². The second kappa shape index (κ2) is 5.21. The van der Waals surface area contributed by atoms with Crippen molar-refractivity contribution in [2.24, 2.45) is 5.73 Å². The van der Waals surface area contributed by atoms with E-state index in [2.05, 4.69) is 21.0 Å². The van der Waals surface area contributed by atoms with E-state index >= 15 is 0 Å². The van der Waals surface area contributed by atoms with Gasteiger partial charge >= 0.3 is 6.18 Å². The summed E-state index contributed by atoms with van der Waals surface area (Å²) in [5.74, 6) is 0. The van der Waals surface area contributed by atoms with Gasteiger partial charge in [-0.2, -0.15) is 18.3 Å². The number of aromatic nitrogens is 2. The van der Waals surface area contributed by atoms with Crippen molar-refractivity contribution >= 4 is 15.9 Å². The maximum absolute atomic E-state index is 12.7. The standard InChI is InChI=1S/C13H13BrF3N3/c1-7-12(14)8(2)20(19-7)11-4-3-10(13(15,16)17)5-9(11)6-18/h3-5H,6,18H2,1-2H3. The van der Waals surface area contributed by atoms with Gasteiger partial charge in [0.2, 0.25) is 0 Å². The maximum atomic E-state index is 12.7. The van der Waals surface area contributed by atoms with Crippen LogP contribution in [0.15, 0.2) is 22.7 Å². The predicted octanol–water partition coefficient (Wildman–Crippen LogP) is 3.73. The van der Waals surface area contributed by atoms with Gasteiger partial charge in [0, 0.05) is 6.54 Å². The van der Waals surface area contributed by atoms with Gasteiger partial charge < -0.3 is 5.73 Å². The molecule has 20 heavy (non-hydrogen) atoms. The molecule has 0 saturated heterocycles. The van der Waals surface area contributed by atoms with Crippen LogP contribution in [-0.4, -0.2) is 9.78 Å². The highest BCUT2D eigenvalue weighted by atomic mass is 79.9. The van der Waals surface area contributed by atoms with Gasteiger partial charge in [-0.25, -0.2) is 4.68 Å². The van der Waals surface area contributed by atoms with E-state index in [9.17, 15) is 13.2 Å². The number of alkyl halides is 3. The predicted molar refractivity (Wildman–Crippen MR) is 73.6 cm³/mol. The molecule has 0 aliphatic heterocycles. The van der Waals surface area contributed by atoms with Crippen molar-refractivity contribution in [2.45, 2.75) is 26.6 Å². The molecule has 108 valence electrons. The van der Waals surface area contributed by atoms with Crippen molar-refractivity contribution in [3.63, 3.8) is 0 Å². The molecule has 0 amide bonds. The Labute approximate surface area is 122 Å². The Kier molecular flexibility index (Phi) is 3.93. The summed E-state index contributed by atoms with van der Waals surface area (Å²) in [5, 5.41) is 4.31. The minimum Gasteiger partial charge on any atom is -0.326 e. The number of benzene rings is 1. The lowest BCUT2D eigenvalue weighted by Crippen LogP contribution is -2.11. The Morgan fingerprint density at radius 1 is 1.30 bits per heavy atom. The van der Waals surface area contributed by atoms with Gasteiger partial charge in [-0.3, -0.25) is 0 Å². The summed E-state index contributed by atoms with van der Waals surface area (Å²) < 4.78 is 40.6. The number of nitrogens with two attached hydrogens (primary N) is 1. The van der Waals surface area contributed by atoms with Gasteiger partial charge in [0.15, 0.2) is 0 Å². The van der Waals surface area contributed by atoms with Crippen molar-refractivity contribution in [3.05, 3.63) is 45.2 Å². The van der Waals surface area contributed by atoms with Gasteiger partial charge in [0.1, 0.15) is 0 Å². The lowest BCUT2D eigenvalue weighted by Gasteiger charge is -2.13. The summed E-state index contributed by atoms with van der Waals surface area (Å²) >= 11 is 3.40. The molecule has 0 aliphatic carbocycles. The fourth-order valence-corrected chi connectivity index (χ4v) is 2.24. The van der Waals surface area contributed by atoms with E-state index in [1.165, 1.54) is 6.07 Å². The van der Waals surface area contributed by atoms with Crippen molar-refractivity contribution < 1.29 is 13.2 Å². The second-order valence-corrected chi connectivity index (χ2v) is 5.23. The van der Waals surface area contributed by atoms with Crippen molar-refractivity contribution in [1.29, 1.82) is 0 Å². The van der Waals surface area contributed by atoms with E-state index in [-0.39, 0.29) is 6.54 Å². The highest BCUT2D eigenvalue weighted by Crippen LogP contribution is 2.32. The lowest BCUT2D eigenvalue weighted by molar-refractivity contribution is -0.137. The third kappa shape index (κ3) is 2.60. The number of hydrogen-bond acceptors (Lipinski definition) is 2. The molecule has 3 nitrogen and oxygen atoms in total. The molecule has 0 unspecified atom stereocenters. The van der Waals surface area contributed by atoms with Crippen LogP contribution in [0.25, 0.3) is 5.69 Å². The van der Waals surface area contributed by atoms with Crippen LogP contribution < -0.4 is 5.73 Å². The minimum absolute atomic E-state index is 0.00915. The van der Waals surface area contributed by atoms with E-state index in [1.807, 2.05) is 13.8 Å². The normalized spacial score (nSPS) is 11.9. The zero-order valence-corrected chi connectivity index (χ0v) is 12.5. The molecule has 2 rings (SSSR count). The fraction of sp³-hybridized carbons (Fsp3) is 0.308. The minimum atomic E-state index is -4.38. The first-order chi connectivity index (χ1) is 9.25. The van der Waals surface area contributed by atoms with Gasteiger partial charge in [-0.1, -0.05) is 0 Å². The number of aryl methyl sites for hydroxylation is 1. The molecule has 0 saturated carbocycles. The molecule has 0 aliphatic rings. The zero-order chi connectivity index (χ0) is 15.1. The highest BCUT2D eigenvalue weighted by Gasteiger charge is 2.31. The first-order valence-electron chi connectivity index (χ1n) is 5.88. The summed E-state index contributed by atoms with van der Waals surface area (Å²) in [6.45, 7) is 3.66. The Hall–Kier alpha value is -1.34. The van der Waals surface area contributed by atoms with Crippen LogP contribution in [0.5, 0.6) is 0 Å². The molecular weight excluding hydrogens is 335 g/mol. The molecule has 1 heterocycles. The van der Waals surface area contributed by atoms with Crippen molar-refractivity contribution in [2.75, 3.05) is 0 Å². The van der Waals surface area contributed by atoms with Crippen molar-refractivity contribution in [1.82, 2.24) is 9.78 Å². The summed E-state index contributed by atoms with van der Waals surface area (Å²) in [5.41, 5.74) is 7.42. The molecule has 0 atom stereocenters. The van der Waals surface area contributed by atoms with E-state index in [0.29, 0.717) is 11.3 Å². The molecule has 2 N–H and O–H groups in total. The number of rotatable bonds is 2. The molecule has 0 spiro atoms. The van der Waals surface area contributed by atoms with Gasteiger partial charge in [0.25, 0.3) is 0 Å². The van der Waals surface area contributed by atoms with Crippen LogP contribution in [0.3, 0.4) is 0 Å². The molecule has 0 bridgehead atoms. The average molecular weight is 348 g/mol.